The zero-order valence-electron chi connectivity index (χ0n) is 17.3. The molecule has 0 saturated carbocycles. The first kappa shape index (κ1) is 20.9. The lowest BCUT2D eigenvalue weighted by Crippen LogP contribution is -2.38. The standard InChI is InChI=1S/C22H26ClN5O2S/c23-22-25-18-15-19(31-20(18)21(26-22)28-9-13-30-14-10-28)16-1-3-17(4-2-16)24-5-6-27-7-11-29-12-8-27/h1-4,15,24H,5-14H2. The maximum absolute atomic E-state index is 6.23. The Morgan fingerprint density at radius 2 is 1.68 bits per heavy atom. The largest absolute Gasteiger partial charge is 0.384 e. The Labute approximate surface area is 190 Å². The maximum atomic E-state index is 6.23. The van der Waals surface area contributed by atoms with Crippen LogP contribution in [0.3, 0.4) is 0 Å². The molecule has 7 nitrogen and oxygen atoms in total. The van der Waals surface area contributed by atoms with Gasteiger partial charge in [0.15, 0.2) is 5.82 Å². The normalized spacial score (nSPS) is 17.9. The van der Waals surface area contributed by atoms with Crippen molar-refractivity contribution in [1.29, 1.82) is 0 Å². The number of hydrogen-bond donors (Lipinski definition) is 1. The van der Waals surface area contributed by atoms with Crippen molar-refractivity contribution in [3.05, 3.63) is 35.6 Å². The Balaban J connectivity index is 1.30. The second-order valence-corrected chi connectivity index (χ2v) is 9.09. The lowest BCUT2D eigenvalue weighted by atomic mass is 10.1. The highest BCUT2D eigenvalue weighted by Gasteiger charge is 2.19. The number of fused-ring (bicyclic) bond motifs is 1. The molecule has 2 saturated heterocycles. The van der Waals surface area contributed by atoms with Gasteiger partial charge in [0, 0.05) is 49.8 Å². The van der Waals surface area contributed by atoms with Gasteiger partial charge in [-0.15, -0.1) is 11.3 Å². The number of hydrogen-bond acceptors (Lipinski definition) is 8. The molecule has 9 heteroatoms. The average molecular weight is 460 g/mol. The molecule has 0 amide bonds. The Bertz CT molecular complexity index is 1020. The summed E-state index contributed by atoms with van der Waals surface area (Å²) >= 11 is 7.95. The predicted molar refractivity (Wildman–Crippen MR) is 127 cm³/mol. The molecule has 1 aromatic carbocycles. The van der Waals surface area contributed by atoms with Crippen LogP contribution in [0.2, 0.25) is 5.28 Å². The van der Waals surface area contributed by atoms with Crippen LogP contribution >= 0.6 is 22.9 Å². The monoisotopic (exact) mass is 459 g/mol. The molecule has 31 heavy (non-hydrogen) atoms. The molecule has 0 radical (unpaired) electrons. The number of halogens is 1. The van der Waals surface area contributed by atoms with Gasteiger partial charge in [-0.2, -0.15) is 4.98 Å². The Morgan fingerprint density at radius 1 is 0.968 bits per heavy atom. The van der Waals surface area contributed by atoms with Crippen LogP contribution in [0.4, 0.5) is 11.5 Å². The van der Waals surface area contributed by atoms with Crippen LogP contribution in [0.1, 0.15) is 0 Å². The second kappa shape index (κ2) is 9.67. The van der Waals surface area contributed by atoms with Gasteiger partial charge in [-0.05, 0) is 35.4 Å². The molecular weight excluding hydrogens is 434 g/mol. The van der Waals surface area contributed by atoms with Crippen LogP contribution in [0.15, 0.2) is 30.3 Å². The van der Waals surface area contributed by atoms with Crippen molar-refractivity contribution in [1.82, 2.24) is 14.9 Å². The zero-order chi connectivity index (χ0) is 21.0. The molecule has 2 aliphatic rings. The van der Waals surface area contributed by atoms with Gasteiger partial charge in [0.05, 0.1) is 36.6 Å². The van der Waals surface area contributed by atoms with E-state index >= 15 is 0 Å². The van der Waals surface area contributed by atoms with E-state index in [1.807, 2.05) is 0 Å². The van der Waals surface area contributed by atoms with Gasteiger partial charge >= 0.3 is 0 Å². The first-order valence-electron chi connectivity index (χ1n) is 10.7. The van der Waals surface area contributed by atoms with Crippen molar-refractivity contribution >= 4 is 44.7 Å². The number of anilines is 2. The summed E-state index contributed by atoms with van der Waals surface area (Å²) in [4.78, 5) is 14.8. The summed E-state index contributed by atoms with van der Waals surface area (Å²) in [5.74, 6) is 0.913. The summed E-state index contributed by atoms with van der Waals surface area (Å²) in [5, 5.41) is 3.81. The number of rotatable bonds is 6. The van der Waals surface area contributed by atoms with Crippen molar-refractivity contribution in [2.75, 3.05) is 75.9 Å². The van der Waals surface area contributed by atoms with E-state index in [0.717, 1.165) is 74.2 Å². The van der Waals surface area contributed by atoms with Crippen molar-refractivity contribution in [3.63, 3.8) is 0 Å². The molecule has 0 atom stereocenters. The summed E-state index contributed by atoms with van der Waals surface area (Å²) in [5.41, 5.74) is 3.20. The van der Waals surface area contributed by atoms with Crippen LogP contribution in [-0.2, 0) is 9.47 Å². The van der Waals surface area contributed by atoms with Gasteiger partial charge in [-0.1, -0.05) is 12.1 Å². The average Bonchev–Trinajstić information content (AvgIpc) is 3.24. The predicted octanol–water partition coefficient (Wildman–Crippen LogP) is 3.59. The van der Waals surface area contributed by atoms with Gasteiger partial charge in [0.2, 0.25) is 5.28 Å². The summed E-state index contributed by atoms with van der Waals surface area (Å²) in [6, 6.07) is 10.7. The summed E-state index contributed by atoms with van der Waals surface area (Å²) in [6.45, 7) is 8.74. The van der Waals surface area contributed by atoms with Gasteiger partial charge in [0.25, 0.3) is 0 Å². The molecule has 2 aromatic heterocycles. The summed E-state index contributed by atoms with van der Waals surface area (Å²) < 4.78 is 12.0. The number of morpholine rings is 2. The van der Waals surface area contributed by atoms with Crippen molar-refractivity contribution < 1.29 is 9.47 Å². The molecule has 5 rings (SSSR count). The molecule has 0 unspecified atom stereocenters. The van der Waals surface area contributed by atoms with E-state index < -0.39 is 0 Å². The van der Waals surface area contributed by atoms with E-state index in [-0.39, 0.29) is 5.28 Å². The Hall–Kier alpha value is -1.97. The molecule has 3 aromatic rings. The van der Waals surface area contributed by atoms with Crippen molar-refractivity contribution in [2.45, 2.75) is 0 Å². The lowest BCUT2D eigenvalue weighted by molar-refractivity contribution is 0.0398. The quantitative estimate of drug-likeness (QED) is 0.565. The van der Waals surface area contributed by atoms with Gasteiger partial charge in [-0.25, -0.2) is 4.98 Å². The van der Waals surface area contributed by atoms with Crippen molar-refractivity contribution in [2.24, 2.45) is 0 Å². The Morgan fingerprint density at radius 3 is 2.42 bits per heavy atom. The van der Waals surface area contributed by atoms with Gasteiger partial charge < -0.3 is 19.7 Å². The van der Waals surface area contributed by atoms with E-state index in [4.69, 9.17) is 21.1 Å². The number of nitrogens with one attached hydrogen (secondary N) is 1. The summed E-state index contributed by atoms with van der Waals surface area (Å²) in [6.07, 6.45) is 0. The highest BCUT2D eigenvalue weighted by Crippen LogP contribution is 2.38. The maximum Gasteiger partial charge on any atom is 0.224 e. The minimum absolute atomic E-state index is 0.290. The molecule has 0 bridgehead atoms. The Kier molecular flexibility index (Phi) is 6.52. The van der Waals surface area contributed by atoms with Crippen LogP contribution in [0, 0.1) is 0 Å². The number of nitrogens with zero attached hydrogens (tertiary/aromatic N) is 4. The zero-order valence-corrected chi connectivity index (χ0v) is 18.9. The smallest absolute Gasteiger partial charge is 0.224 e. The van der Waals surface area contributed by atoms with E-state index in [2.05, 4.69) is 55.4 Å². The molecule has 164 valence electrons. The number of aromatic nitrogens is 2. The SMILES string of the molecule is Clc1nc(N2CCOCC2)c2sc(-c3ccc(NCCN4CCOCC4)cc3)cc2n1. The van der Waals surface area contributed by atoms with E-state index in [1.165, 1.54) is 10.4 Å². The van der Waals surface area contributed by atoms with E-state index in [9.17, 15) is 0 Å². The molecule has 2 fully saturated rings. The fourth-order valence-electron chi connectivity index (χ4n) is 3.95. The lowest BCUT2D eigenvalue weighted by Gasteiger charge is -2.28. The van der Waals surface area contributed by atoms with E-state index in [1.54, 1.807) is 11.3 Å². The third-order valence-electron chi connectivity index (χ3n) is 5.67. The van der Waals surface area contributed by atoms with Gasteiger partial charge in [0.1, 0.15) is 0 Å². The number of ether oxygens (including phenoxy) is 2. The number of benzene rings is 1. The minimum atomic E-state index is 0.290. The molecule has 0 spiro atoms. The fraction of sp³-hybridized carbons (Fsp3) is 0.455. The first-order chi connectivity index (χ1) is 15.3. The highest BCUT2D eigenvalue weighted by atomic mass is 35.5. The summed E-state index contributed by atoms with van der Waals surface area (Å²) in [7, 11) is 0. The van der Waals surface area contributed by atoms with Crippen LogP contribution in [-0.4, -0.2) is 80.6 Å². The third-order valence-corrected chi connectivity index (χ3v) is 7.01. The van der Waals surface area contributed by atoms with Crippen LogP contribution in [0.5, 0.6) is 0 Å². The molecule has 1 N–H and O–H groups in total. The van der Waals surface area contributed by atoms with Gasteiger partial charge in [-0.3, -0.25) is 4.90 Å². The second-order valence-electron chi connectivity index (χ2n) is 7.70. The molecule has 2 aliphatic heterocycles. The highest BCUT2D eigenvalue weighted by molar-refractivity contribution is 7.22. The first-order valence-corrected chi connectivity index (χ1v) is 11.9. The third kappa shape index (κ3) is 4.94. The van der Waals surface area contributed by atoms with E-state index in [0.29, 0.717) is 13.2 Å². The molecular formula is C22H26ClN5O2S. The van der Waals surface area contributed by atoms with Crippen LogP contribution in [0.25, 0.3) is 20.7 Å². The van der Waals surface area contributed by atoms with Crippen molar-refractivity contribution in [3.8, 4) is 10.4 Å². The number of thiophene rings is 1. The molecule has 4 heterocycles. The van der Waals surface area contributed by atoms with Crippen LogP contribution < -0.4 is 10.2 Å². The molecule has 0 aliphatic carbocycles. The fourth-order valence-corrected chi connectivity index (χ4v) is 5.25. The topological polar surface area (TPSA) is 62.8 Å². The minimum Gasteiger partial charge on any atom is -0.384 e.